The van der Waals surface area contributed by atoms with Crippen molar-refractivity contribution in [1.82, 2.24) is 0 Å². The maximum Gasteiger partial charge on any atom is 0.0926 e. The van der Waals surface area contributed by atoms with Crippen LogP contribution >= 0.6 is 15.9 Å². The maximum atomic E-state index is 6.01. The van der Waals surface area contributed by atoms with E-state index in [-0.39, 0.29) is 12.2 Å². The first kappa shape index (κ1) is 12.1. The second kappa shape index (κ2) is 5.80. The second-order valence-corrected chi connectivity index (χ2v) is 4.82. The van der Waals surface area contributed by atoms with E-state index < -0.39 is 0 Å². The van der Waals surface area contributed by atoms with Crippen LogP contribution in [0.25, 0.3) is 0 Å². The van der Waals surface area contributed by atoms with Gasteiger partial charge in [0.05, 0.1) is 18.8 Å². The molecule has 1 aromatic carbocycles. The summed E-state index contributed by atoms with van der Waals surface area (Å²) in [5.41, 5.74) is 2.51. The smallest absolute Gasteiger partial charge is 0.0926 e. The number of benzene rings is 1. The van der Waals surface area contributed by atoms with Crippen LogP contribution < -0.4 is 0 Å². The van der Waals surface area contributed by atoms with E-state index in [0.29, 0.717) is 0 Å². The second-order valence-electron chi connectivity index (χ2n) is 4.18. The summed E-state index contributed by atoms with van der Waals surface area (Å²) in [7, 11) is 0. The molecule has 0 saturated carbocycles. The Morgan fingerprint density at radius 2 is 2.19 bits per heavy atom. The molecule has 0 spiro atoms. The Balaban J connectivity index is 2.00. The van der Waals surface area contributed by atoms with Gasteiger partial charge in [0.1, 0.15) is 0 Å². The topological polar surface area (TPSA) is 18.5 Å². The Hall–Kier alpha value is -0.380. The molecular formula is C13H17BrO2. The zero-order valence-electron chi connectivity index (χ0n) is 9.49. The summed E-state index contributed by atoms with van der Waals surface area (Å²) >= 11 is 3.51. The van der Waals surface area contributed by atoms with Crippen molar-refractivity contribution >= 4 is 15.9 Å². The summed E-state index contributed by atoms with van der Waals surface area (Å²) in [6.45, 7) is 3.65. The normalized spacial score (nSPS) is 22.2. The van der Waals surface area contributed by atoms with Crippen molar-refractivity contribution in [3.63, 3.8) is 0 Å². The highest BCUT2D eigenvalue weighted by Gasteiger charge is 2.21. The average Bonchev–Trinajstić information content (AvgIpc) is 2.80. The molecule has 88 valence electrons. The Labute approximate surface area is 105 Å². The molecular weight excluding hydrogens is 268 g/mol. The molecule has 1 heterocycles. The van der Waals surface area contributed by atoms with Crippen molar-refractivity contribution < 1.29 is 9.47 Å². The predicted octanol–water partition coefficient (Wildman–Crippen LogP) is 3.24. The largest absolute Gasteiger partial charge is 0.379 e. The molecule has 0 bridgehead atoms. The third-order valence-electron chi connectivity index (χ3n) is 2.83. The fourth-order valence-electron chi connectivity index (χ4n) is 1.84. The number of aryl methyl sites for hydroxylation is 1. The van der Waals surface area contributed by atoms with Crippen molar-refractivity contribution in [2.75, 3.05) is 18.5 Å². The van der Waals surface area contributed by atoms with Gasteiger partial charge >= 0.3 is 0 Å². The van der Waals surface area contributed by atoms with Gasteiger partial charge in [0.2, 0.25) is 0 Å². The SMILES string of the molecule is Cc1ccc(C(CBr)OC2CCOC2)cc1. The molecule has 3 heteroatoms. The van der Waals surface area contributed by atoms with Crippen molar-refractivity contribution in [1.29, 1.82) is 0 Å². The van der Waals surface area contributed by atoms with Gasteiger partial charge < -0.3 is 9.47 Å². The van der Waals surface area contributed by atoms with Crippen molar-refractivity contribution in [2.24, 2.45) is 0 Å². The fraction of sp³-hybridized carbons (Fsp3) is 0.538. The molecule has 2 rings (SSSR count). The summed E-state index contributed by atoms with van der Waals surface area (Å²) < 4.78 is 11.3. The van der Waals surface area contributed by atoms with Gasteiger partial charge in [0, 0.05) is 11.9 Å². The first-order chi connectivity index (χ1) is 7.79. The fourth-order valence-corrected chi connectivity index (χ4v) is 2.36. The van der Waals surface area contributed by atoms with Crippen LogP contribution in [0.2, 0.25) is 0 Å². The molecule has 1 aliphatic rings. The molecule has 0 radical (unpaired) electrons. The Kier molecular flexibility index (Phi) is 4.38. The van der Waals surface area contributed by atoms with Crippen LogP contribution in [-0.2, 0) is 9.47 Å². The Bertz CT molecular complexity index is 317. The van der Waals surface area contributed by atoms with Gasteiger partial charge in [-0.05, 0) is 18.9 Å². The molecule has 0 N–H and O–H groups in total. The van der Waals surface area contributed by atoms with E-state index in [0.717, 1.165) is 25.0 Å². The zero-order valence-corrected chi connectivity index (χ0v) is 11.1. The highest BCUT2D eigenvalue weighted by atomic mass is 79.9. The Morgan fingerprint density at radius 3 is 2.75 bits per heavy atom. The highest BCUT2D eigenvalue weighted by molar-refractivity contribution is 9.09. The number of hydrogen-bond donors (Lipinski definition) is 0. The lowest BCUT2D eigenvalue weighted by Gasteiger charge is -2.19. The van der Waals surface area contributed by atoms with E-state index in [1.165, 1.54) is 11.1 Å². The lowest BCUT2D eigenvalue weighted by molar-refractivity contribution is -0.00466. The number of hydrogen-bond acceptors (Lipinski definition) is 2. The molecule has 2 unspecified atom stereocenters. The summed E-state index contributed by atoms with van der Waals surface area (Å²) in [5.74, 6) is 0. The standard InChI is InChI=1S/C13H17BrO2/c1-10-2-4-11(5-3-10)13(8-14)16-12-6-7-15-9-12/h2-5,12-13H,6-9H2,1H3. The van der Waals surface area contributed by atoms with Crippen molar-refractivity contribution in [3.05, 3.63) is 35.4 Å². The van der Waals surface area contributed by atoms with E-state index >= 15 is 0 Å². The molecule has 1 aromatic rings. The van der Waals surface area contributed by atoms with Crippen molar-refractivity contribution in [2.45, 2.75) is 25.6 Å². The summed E-state index contributed by atoms with van der Waals surface area (Å²) in [5, 5.41) is 0.826. The zero-order chi connectivity index (χ0) is 11.4. The molecule has 0 amide bonds. The maximum absolute atomic E-state index is 6.01. The van der Waals surface area contributed by atoms with Gasteiger partial charge in [-0.1, -0.05) is 45.8 Å². The van der Waals surface area contributed by atoms with Crippen LogP contribution in [0.1, 0.15) is 23.7 Å². The van der Waals surface area contributed by atoms with Gasteiger partial charge in [-0.25, -0.2) is 0 Å². The molecule has 16 heavy (non-hydrogen) atoms. The molecule has 1 saturated heterocycles. The van der Waals surface area contributed by atoms with Crippen LogP contribution in [0.15, 0.2) is 24.3 Å². The van der Waals surface area contributed by atoms with Gasteiger partial charge in [0.25, 0.3) is 0 Å². The van der Waals surface area contributed by atoms with Gasteiger partial charge in [-0.15, -0.1) is 0 Å². The molecule has 0 aliphatic carbocycles. The number of halogens is 1. The Morgan fingerprint density at radius 1 is 1.44 bits per heavy atom. The first-order valence-corrected chi connectivity index (χ1v) is 6.77. The molecule has 0 aromatic heterocycles. The van der Waals surface area contributed by atoms with Gasteiger partial charge in [0.15, 0.2) is 0 Å². The summed E-state index contributed by atoms with van der Waals surface area (Å²) in [6, 6.07) is 8.52. The number of alkyl halides is 1. The number of ether oxygens (including phenoxy) is 2. The van der Waals surface area contributed by atoms with Crippen LogP contribution in [0, 0.1) is 6.92 Å². The lowest BCUT2D eigenvalue weighted by atomic mass is 10.1. The molecule has 2 atom stereocenters. The van der Waals surface area contributed by atoms with E-state index in [2.05, 4.69) is 47.1 Å². The van der Waals surface area contributed by atoms with Crippen LogP contribution in [0.3, 0.4) is 0 Å². The minimum absolute atomic E-state index is 0.132. The average molecular weight is 285 g/mol. The highest BCUT2D eigenvalue weighted by Crippen LogP contribution is 2.24. The van der Waals surface area contributed by atoms with E-state index in [1.54, 1.807) is 0 Å². The van der Waals surface area contributed by atoms with Crippen molar-refractivity contribution in [3.8, 4) is 0 Å². The third-order valence-corrected chi connectivity index (χ3v) is 3.42. The quantitative estimate of drug-likeness (QED) is 0.791. The number of rotatable bonds is 4. The first-order valence-electron chi connectivity index (χ1n) is 5.65. The minimum Gasteiger partial charge on any atom is -0.379 e. The van der Waals surface area contributed by atoms with E-state index in [9.17, 15) is 0 Å². The lowest BCUT2D eigenvalue weighted by Crippen LogP contribution is -2.17. The third kappa shape index (κ3) is 3.06. The molecule has 1 fully saturated rings. The predicted molar refractivity (Wildman–Crippen MR) is 68.0 cm³/mol. The van der Waals surface area contributed by atoms with E-state index in [4.69, 9.17) is 9.47 Å². The summed E-state index contributed by atoms with van der Waals surface area (Å²) in [4.78, 5) is 0. The summed E-state index contributed by atoms with van der Waals surface area (Å²) in [6.07, 6.45) is 1.39. The van der Waals surface area contributed by atoms with Crippen LogP contribution in [-0.4, -0.2) is 24.6 Å². The van der Waals surface area contributed by atoms with Gasteiger partial charge in [-0.3, -0.25) is 0 Å². The minimum atomic E-state index is 0.132. The van der Waals surface area contributed by atoms with E-state index in [1.807, 2.05) is 0 Å². The van der Waals surface area contributed by atoms with Crippen LogP contribution in [0.4, 0.5) is 0 Å². The molecule has 2 nitrogen and oxygen atoms in total. The van der Waals surface area contributed by atoms with Crippen LogP contribution in [0.5, 0.6) is 0 Å². The molecule has 1 aliphatic heterocycles. The van der Waals surface area contributed by atoms with Gasteiger partial charge in [-0.2, -0.15) is 0 Å². The monoisotopic (exact) mass is 284 g/mol.